The minimum Gasteiger partial charge on any atom is -0.387 e. The molecule has 0 aliphatic carbocycles. The fourth-order valence-electron chi connectivity index (χ4n) is 2.01. The van der Waals surface area contributed by atoms with Gasteiger partial charge in [-0.3, -0.25) is 0 Å². The molecule has 98 valence electrons. The average molecular weight is 237 g/mol. The Morgan fingerprint density at radius 3 is 2.00 bits per heavy atom. The van der Waals surface area contributed by atoms with Crippen LogP contribution < -0.4 is 0 Å². The van der Waals surface area contributed by atoms with E-state index < -0.39 is 0 Å². The molecule has 2 N–H and O–H groups in total. The van der Waals surface area contributed by atoms with E-state index in [1.807, 2.05) is 0 Å². The van der Waals surface area contributed by atoms with E-state index in [1.54, 1.807) is 0 Å². The maximum absolute atomic E-state index is 10.3. The molecule has 0 aliphatic rings. The zero-order valence-corrected chi connectivity index (χ0v) is 12.3. The molecule has 0 saturated heterocycles. The van der Waals surface area contributed by atoms with Gasteiger partial charge in [0.2, 0.25) is 0 Å². The number of aliphatic hydroxyl groups is 1. The molecule has 1 rings (SSSR count). The summed E-state index contributed by atoms with van der Waals surface area (Å²) in [7, 11) is 0. The van der Waals surface area contributed by atoms with E-state index in [1.165, 1.54) is 16.8 Å². The van der Waals surface area contributed by atoms with Crippen molar-refractivity contribution in [1.82, 2.24) is 4.98 Å². The van der Waals surface area contributed by atoms with Crippen molar-refractivity contribution >= 4 is 0 Å². The van der Waals surface area contributed by atoms with Gasteiger partial charge in [-0.2, -0.15) is 0 Å². The average Bonchev–Trinajstić information content (AvgIpc) is 2.44. The van der Waals surface area contributed by atoms with Crippen LogP contribution in [0.2, 0.25) is 0 Å². The molecule has 0 aliphatic heterocycles. The monoisotopic (exact) mass is 237 g/mol. The van der Waals surface area contributed by atoms with Crippen molar-refractivity contribution in [3.8, 4) is 0 Å². The summed E-state index contributed by atoms with van der Waals surface area (Å²) >= 11 is 0. The predicted octanol–water partition coefficient (Wildman–Crippen LogP) is 4.05. The fraction of sp³-hybridized carbons (Fsp3) is 0.733. The number of hydrogen-bond donors (Lipinski definition) is 2. The van der Waals surface area contributed by atoms with Crippen LogP contribution in [0.1, 0.15) is 62.7 Å². The lowest BCUT2D eigenvalue weighted by molar-refractivity contribution is 0.107. The number of aliphatic hydroxyl groups excluding tert-OH is 1. The second kappa shape index (κ2) is 4.85. The number of aromatic amines is 1. The van der Waals surface area contributed by atoms with E-state index >= 15 is 0 Å². The standard InChI is InChI=1S/C15H27NO/c1-9(15(5,6)7)8-13(17)14-11(3)10(2)12(4)16-14/h9,13,16-17H,8H2,1-7H3. The van der Waals surface area contributed by atoms with Crippen molar-refractivity contribution in [2.75, 3.05) is 0 Å². The zero-order chi connectivity index (χ0) is 13.4. The molecule has 2 atom stereocenters. The lowest BCUT2D eigenvalue weighted by Crippen LogP contribution is -2.20. The van der Waals surface area contributed by atoms with Crippen LogP contribution >= 0.6 is 0 Å². The number of rotatable bonds is 3. The summed E-state index contributed by atoms with van der Waals surface area (Å²) < 4.78 is 0. The third-order valence-corrected chi connectivity index (χ3v) is 4.24. The summed E-state index contributed by atoms with van der Waals surface area (Å²) in [5.41, 5.74) is 4.88. The number of H-pyrrole nitrogens is 1. The van der Waals surface area contributed by atoms with Gasteiger partial charge in [-0.05, 0) is 49.7 Å². The van der Waals surface area contributed by atoms with Crippen LogP contribution in [0.3, 0.4) is 0 Å². The highest BCUT2D eigenvalue weighted by atomic mass is 16.3. The van der Waals surface area contributed by atoms with Gasteiger partial charge in [-0.15, -0.1) is 0 Å². The SMILES string of the molecule is Cc1[nH]c(C(O)CC(C)C(C)(C)C)c(C)c1C. The number of nitrogens with one attached hydrogen (secondary N) is 1. The topological polar surface area (TPSA) is 36.0 Å². The molecule has 2 nitrogen and oxygen atoms in total. The van der Waals surface area contributed by atoms with Gasteiger partial charge in [-0.1, -0.05) is 27.7 Å². The van der Waals surface area contributed by atoms with E-state index in [-0.39, 0.29) is 11.5 Å². The van der Waals surface area contributed by atoms with Crippen LogP contribution in [-0.2, 0) is 0 Å². The van der Waals surface area contributed by atoms with E-state index in [0.717, 1.165) is 12.1 Å². The molecule has 0 radical (unpaired) electrons. The zero-order valence-electron chi connectivity index (χ0n) is 12.3. The third-order valence-electron chi connectivity index (χ3n) is 4.24. The first kappa shape index (κ1) is 14.3. The van der Waals surface area contributed by atoms with Crippen LogP contribution in [0.4, 0.5) is 0 Å². The van der Waals surface area contributed by atoms with Crippen LogP contribution in [0.15, 0.2) is 0 Å². The highest BCUT2D eigenvalue weighted by Gasteiger charge is 2.25. The molecule has 17 heavy (non-hydrogen) atoms. The summed E-state index contributed by atoms with van der Waals surface area (Å²) in [5.74, 6) is 0.487. The van der Waals surface area contributed by atoms with Crippen molar-refractivity contribution in [2.45, 2.75) is 61.0 Å². The quantitative estimate of drug-likeness (QED) is 0.817. The molecular weight excluding hydrogens is 210 g/mol. The van der Waals surface area contributed by atoms with Gasteiger partial charge in [-0.25, -0.2) is 0 Å². The fourth-order valence-corrected chi connectivity index (χ4v) is 2.01. The van der Waals surface area contributed by atoms with E-state index in [2.05, 4.69) is 53.5 Å². The Balaban J connectivity index is 2.84. The second-order valence-electron chi connectivity index (χ2n) is 6.43. The first-order valence-corrected chi connectivity index (χ1v) is 6.48. The van der Waals surface area contributed by atoms with E-state index in [9.17, 15) is 5.11 Å². The molecular formula is C15H27NO. The molecule has 0 bridgehead atoms. The van der Waals surface area contributed by atoms with Crippen LogP contribution in [0, 0.1) is 32.1 Å². The Labute approximate surface area is 105 Å². The number of aryl methyl sites for hydroxylation is 1. The highest BCUT2D eigenvalue weighted by Crippen LogP contribution is 2.34. The minimum absolute atomic E-state index is 0.242. The first-order valence-electron chi connectivity index (χ1n) is 6.48. The van der Waals surface area contributed by atoms with Gasteiger partial charge in [0.1, 0.15) is 0 Å². The Morgan fingerprint density at radius 1 is 1.12 bits per heavy atom. The molecule has 0 saturated carbocycles. The van der Waals surface area contributed by atoms with Crippen molar-refractivity contribution in [3.05, 3.63) is 22.5 Å². The Bertz CT molecular complexity index is 384. The molecule has 1 heterocycles. The number of hydrogen-bond acceptors (Lipinski definition) is 1. The van der Waals surface area contributed by atoms with Gasteiger partial charge in [0, 0.05) is 11.4 Å². The van der Waals surface area contributed by atoms with Crippen LogP contribution in [0.25, 0.3) is 0 Å². The third kappa shape index (κ3) is 3.12. The van der Waals surface area contributed by atoms with Gasteiger partial charge >= 0.3 is 0 Å². The summed E-state index contributed by atoms with van der Waals surface area (Å²) in [4.78, 5) is 3.32. The van der Waals surface area contributed by atoms with Crippen LogP contribution in [-0.4, -0.2) is 10.1 Å². The van der Waals surface area contributed by atoms with Crippen LogP contribution in [0.5, 0.6) is 0 Å². The molecule has 0 spiro atoms. The normalized spacial score (nSPS) is 16.0. The molecule has 2 heteroatoms. The second-order valence-corrected chi connectivity index (χ2v) is 6.43. The van der Waals surface area contributed by atoms with Crippen molar-refractivity contribution < 1.29 is 5.11 Å². The molecule has 1 aromatic rings. The van der Waals surface area contributed by atoms with Crippen molar-refractivity contribution in [1.29, 1.82) is 0 Å². The summed E-state index contributed by atoms with van der Waals surface area (Å²) in [6, 6.07) is 0. The predicted molar refractivity (Wildman–Crippen MR) is 73.2 cm³/mol. The van der Waals surface area contributed by atoms with Gasteiger partial charge in [0.15, 0.2) is 0 Å². The minimum atomic E-state index is -0.378. The molecule has 0 amide bonds. The molecule has 2 unspecified atom stereocenters. The Hall–Kier alpha value is -0.760. The summed E-state index contributed by atoms with van der Waals surface area (Å²) in [6.45, 7) is 15.1. The Morgan fingerprint density at radius 2 is 1.65 bits per heavy atom. The molecule has 0 fully saturated rings. The van der Waals surface area contributed by atoms with E-state index in [0.29, 0.717) is 5.92 Å². The van der Waals surface area contributed by atoms with Crippen molar-refractivity contribution in [3.63, 3.8) is 0 Å². The van der Waals surface area contributed by atoms with Gasteiger partial charge in [0.25, 0.3) is 0 Å². The summed E-state index contributed by atoms with van der Waals surface area (Å²) in [6.07, 6.45) is 0.431. The van der Waals surface area contributed by atoms with Gasteiger partial charge < -0.3 is 10.1 Å². The highest BCUT2D eigenvalue weighted by molar-refractivity contribution is 5.35. The largest absolute Gasteiger partial charge is 0.387 e. The first-order chi connectivity index (χ1) is 7.64. The molecule has 1 aromatic heterocycles. The maximum Gasteiger partial charge on any atom is 0.0943 e. The lowest BCUT2D eigenvalue weighted by atomic mass is 9.78. The van der Waals surface area contributed by atoms with E-state index in [4.69, 9.17) is 0 Å². The maximum atomic E-state index is 10.3. The number of aromatic nitrogens is 1. The lowest BCUT2D eigenvalue weighted by Gasteiger charge is -2.29. The smallest absolute Gasteiger partial charge is 0.0943 e. The van der Waals surface area contributed by atoms with Crippen molar-refractivity contribution in [2.24, 2.45) is 11.3 Å². The summed E-state index contributed by atoms with van der Waals surface area (Å²) in [5, 5.41) is 10.3. The Kier molecular flexibility index (Phi) is 4.08. The van der Waals surface area contributed by atoms with Gasteiger partial charge in [0.05, 0.1) is 6.10 Å². The molecule has 0 aromatic carbocycles.